The van der Waals surface area contributed by atoms with Crippen LogP contribution in [0.1, 0.15) is 11.1 Å². The van der Waals surface area contributed by atoms with Gasteiger partial charge in [-0.15, -0.1) is 0 Å². The number of benzene rings is 1. The number of hydrogen-bond acceptors (Lipinski definition) is 1. The molecule has 0 saturated carbocycles. The standard InChI is InChI=1S/C9H6O/c1-2-6-7(3-1)9-5-4-8(6)10-9/h1-2,4-5H,3H2. The summed E-state index contributed by atoms with van der Waals surface area (Å²) in [5.74, 6) is 0. The van der Waals surface area contributed by atoms with Gasteiger partial charge in [0.1, 0.15) is 11.2 Å². The number of rotatable bonds is 0. The first kappa shape index (κ1) is 4.56. The third-order valence-electron chi connectivity index (χ3n) is 2.10. The van der Waals surface area contributed by atoms with E-state index >= 15 is 0 Å². The SMILES string of the molecule is C1=Cc2c(c3ccc2o3)C1. The van der Waals surface area contributed by atoms with Gasteiger partial charge in [0.05, 0.1) is 0 Å². The van der Waals surface area contributed by atoms with Crippen LogP contribution in [0.15, 0.2) is 22.6 Å². The summed E-state index contributed by atoms with van der Waals surface area (Å²) in [5.41, 5.74) is 4.78. The Morgan fingerprint density at radius 3 is 3.00 bits per heavy atom. The Morgan fingerprint density at radius 2 is 2.10 bits per heavy atom. The zero-order chi connectivity index (χ0) is 6.55. The minimum atomic E-state index is 1.04. The second-order valence-electron chi connectivity index (χ2n) is 2.66. The predicted molar refractivity (Wildman–Crippen MR) is 40.1 cm³/mol. The van der Waals surface area contributed by atoms with Gasteiger partial charge in [0.25, 0.3) is 0 Å². The molecule has 0 aliphatic heterocycles. The largest absolute Gasteiger partial charge is 0.456 e. The van der Waals surface area contributed by atoms with E-state index in [1.54, 1.807) is 0 Å². The molecule has 0 N–H and O–H groups in total. The normalized spacial score (nSPS) is 15.2. The van der Waals surface area contributed by atoms with Gasteiger partial charge in [0.15, 0.2) is 0 Å². The molecule has 2 aromatic rings. The van der Waals surface area contributed by atoms with Crippen LogP contribution in [-0.2, 0) is 6.42 Å². The third kappa shape index (κ3) is 0.338. The molecule has 10 heavy (non-hydrogen) atoms. The lowest BCUT2D eigenvalue weighted by atomic mass is 10.1. The van der Waals surface area contributed by atoms with E-state index in [0.717, 1.165) is 17.6 Å². The molecule has 0 spiro atoms. The molecule has 0 saturated heterocycles. The fraction of sp³-hybridized carbons (Fsp3) is 0.111. The molecule has 2 bridgehead atoms. The van der Waals surface area contributed by atoms with Crippen LogP contribution in [0.4, 0.5) is 0 Å². The fourth-order valence-corrected chi connectivity index (χ4v) is 1.61. The lowest BCUT2D eigenvalue weighted by molar-refractivity contribution is 0.672. The maximum Gasteiger partial charge on any atom is 0.135 e. The first-order chi connectivity index (χ1) is 4.95. The highest BCUT2D eigenvalue weighted by Gasteiger charge is 2.16. The Bertz CT molecular complexity index is 395. The van der Waals surface area contributed by atoms with Crippen LogP contribution in [0, 0.1) is 0 Å². The summed E-state index contributed by atoms with van der Waals surface area (Å²) >= 11 is 0. The zero-order valence-corrected chi connectivity index (χ0v) is 5.42. The molecule has 3 rings (SSSR count). The minimum absolute atomic E-state index is 1.04. The van der Waals surface area contributed by atoms with E-state index in [2.05, 4.69) is 12.2 Å². The smallest absolute Gasteiger partial charge is 0.135 e. The molecule has 0 fully saturated rings. The molecule has 1 aliphatic carbocycles. The van der Waals surface area contributed by atoms with Gasteiger partial charge < -0.3 is 4.42 Å². The van der Waals surface area contributed by atoms with Crippen molar-refractivity contribution in [3.8, 4) is 0 Å². The van der Waals surface area contributed by atoms with Gasteiger partial charge >= 0.3 is 0 Å². The van der Waals surface area contributed by atoms with Gasteiger partial charge in [-0.3, -0.25) is 0 Å². The van der Waals surface area contributed by atoms with Gasteiger partial charge in [0, 0.05) is 11.1 Å². The Morgan fingerprint density at radius 1 is 1.20 bits per heavy atom. The minimum Gasteiger partial charge on any atom is -0.456 e. The Labute approximate surface area is 58.3 Å². The van der Waals surface area contributed by atoms with Crippen molar-refractivity contribution in [2.75, 3.05) is 0 Å². The Hall–Kier alpha value is -1.24. The average molecular weight is 130 g/mol. The van der Waals surface area contributed by atoms with Crippen LogP contribution >= 0.6 is 0 Å². The van der Waals surface area contributed by atoms with Gasteiger partial charge in [-0.25, -0.2) is 0 Å². The topological polar surface area (TPSA) is 13.1 Å². The first-order valence-electron chi connectivity index (χ1n) is 3.45. The highest BCUT2D eigenvalue weighted by molar-refractivity contribution is 5.83. The molecule has 0 amide bonds. The quantitative estimate of drug-likeness (QED) is 0.533. The van der Waals surface area contributed by atoms with Crippen LogP contribution in [0.2, 0.25) is 0 Å². The number of fused-ring (bicyclic) bond motifs is 5. The number of furan rings is 2. The van der Waals surface area contributed by atoms with Crippen LogP contribution in [0.5, 0.6) is 0 Å². The summed E-state index contributed by atoms with van der Waals surface area (Å²) in [5, 5.41) is 0. The predicted octanol–water partition coefficient (Wildman–Crippen LogP) is 2.44. The fourth-order valence-electron chi connectivity index (χ4n) is 1.61. The van der Waals surface area contributed by atoms with Crippen LogP contribution < -0.4 is 0 Å². The van der Waals surface area contributed by atoms with E-state index < -0.39 is 0 Å². The highest BCUT2D eigenvalue weighted by Crippen LogP contribution is 2.33. The van der Waals surface area contributed by atoms with E-state index in [9.17, 15) is 0 Å². The third-order valence-corrected chi connectivity index (χ3v) is 2.10. The van der Waals surface area contributed by atoms with E-state index in [1.165, 1.54) is 11.1 Å². The van der Waals surface area contributed by atoms with E-state index in [-0.39, 0.29) is 0 Å². The molecule has 0 aromatic carbocycles. The van der Waals surface area contributed by atoms with Crippen LogP contribution in [0.3, 0.4) is 0 Å². The molecule has 2 aromatic heterocycles. The van der Waals surface area contributed by atoms with Gasteiger partial charge in [-0.1, -0.05) is 12.2 Å². The number of hydrogen-bond donors (Lipinski definition) is 0. The van der Waals surface area contributed by atoms with Crippen molar-refractivity contribution in [1.82, 2.24) is 0 Å². The monoisotopic (exact) mass is 130 g/mol. The molecule has 1 aliphatic rings. The summed E-state index contributed by atoms with van der Waals surface area (Å²) in [6.45, 7) is 0. The lowest BCUT2D eigenvalue weighted by Gasteiger charge is -1.86. The van der Waals surface area contributed by atoms with Crippen molar-refractivity contribution >= 4 is 17.2 Å². The molecule has 0 radical (unpaired) electrons. The summed E-state index contributed by atoms with van der Waals surface area (Å²) in [6.07, 6.45) is 5.37. The Balaban J connectivity index is 2.59. The van der Waals surface area contributed by atoms with Crippen LogP contribution in [-0.4, -0.2) is 0 Å². The average Bonchev–Trinajstić information content (AvgIpc) is 2.60. The van der Waals surface area contributed by atoms with Gasteiger partial charge in [-0.05, 0) is 18.6 Å². The molecule has 0 unspecified atom stereocenters. The molecule has 1 nitrogen and oxygen atoms in total. The second-order valence-corrected chi connectivity index (χ2v) is 2.66. The van der Waals surface area contributed by atoms with E-state index in [0.29, 0.717) is 0 Å². The summed E-state index contributed by atoms with van der Waals surface area (Å²) in [6, 6.07) is 4.07. The van der Waals surface area contributed by atoms with Crippen LogP contribution in [0.25, 0.3) is 17.2 Å². The molecule has 0 atom stereocenters. The maximum absolute atomic E-state index is 5.44. The lowest BCUT2D eigenvalue weighted by Crippen LogP contribution is -1.74. The molecule has 2 heterocycles. The van der Waals surface area contributed by atoms with Crippen molar-refractivity contribution in [1.29, 1.82) is 0 Å². The maximum atomic E-state index is 5.44. The molecule has 48 valence electrons. The van der Waals surface area contributed by atoms with Crippen molar-refractivity contribution in [3.05, 3.63) is 29.3 Å². The second kappa shape index (κ2) is 1.26. The summed E-state index contributed by atoms with van der Waals surface area (Å²) in [7, 11) is 0. The Kier molecular flexibility index (Phi) is 0.575. The van der Waals surface area contributed by atoms with E-state index in [4.69, 9.17) is 4.42 Å². The number of allylic oxidation sites excluding steroid dienone is 1. The molecular formula is C9H6O. The van der Waals surface area contributed by atoms with Gasteiger partial charge in [0.2, 0.25) is 0 Å². The van der Waals surface area contributed by atoms with E-state index in [1.807, 2.05) is 12.1 Å². The van der Waals surface area contributed by atoms with Gasteiger partial charge in [-0.2, -0.15) is 0 Å². The van der Waals surface area contributed by atoms with Crippen molar-refractivity contribution < 1.29 is 4.42 Å². The highest BCUT2D eigenvalue weighted by atomic mass is 16.3. The first-order valence-corrected chi connectivity index (χ1v) is 3.45. The summed E-state index contributed by atoms with van der Waals surface area (Å²) in [4.78, 5) is 0. The van der Waals surface area contributed by atoms with Crippen molar-refractivity contribution in [2.45, 2.75) is 6.42 Å². The molecular weight excluding hydrogens is 124 g/mol. The molecule has 1 heteroatoms. The zero-order valence-electron chi connectivity index (χ0n) is 5.42. The van der Waals surface area contributed by atoms with Crippen molar-refractivity contribution in [3.63, 3.8) is 0 Å². The van der Waals surface area contributed by atoms with Crippen molar-refractivity contribution in [2.24, 2.45) is 0 Å². The summed E-state index contributed by atoms with van der Waals surface area (Å²) < 4.78 is 5.44.